The SMILES string of the molecule is CC[C@]12CCC3C(CC(CO)C4=CC(=O)CC[C@@H]43)C1C1CC1[C@@]21CCC(=O)O1. The minimum absolute atomic E-state index is 0.0224. The lowest BCUT2D eigenvalue weighted by molar-refractivity contribution is -0.180. The van der Waals surface area contributed by atoms with Crippen LogP contribution in [0.3, 0.4) is 0 Å². The number of carbonyl (C=O) groups excluding carboxylic acids is 2. The Bertz CT molecular complexity index is 771. The quantitative estimate of drug-likeness (QED) is 0.738. The number of esters is 1. The van der Waals surface area contributed by atoms with E-state index in [2.05, 4.69) is 6.92 Å². The summed E-state index contributed by atoms with van der Waals surface area (Å²) in [5.41, 5.74) is 1.22. The van der Waals surface area contributed by atoms with E-state index >= 15 is 0 Å². The third-order valence-electron chi connectivity index (χ3n) is 10.2. The first kappa shape index (κ1) is 17.7. The Morgan fingerprint density at radius 3 is 2.68 bits per heavy atom. The highest BCUT2D eigenvalue weighted by atomic mass is 16.6. The van der Waals surface area contributed by atoms with Crippen LogP contribution in [0.25, 0.3) is 0 Å². The Morgan fingerprint density at radius 1 is 1.11 bits per heavy atom. The van der Waals surface area contributed by atoms with E-state index in [-0.39, 0.29) is 35.3 Å². The summed E-state index contributed by atoms with van der Waals surface area (Å²) >= 11 is 0. The predicted molar refractivity (Wildman–Crippen MR) is 103 cm³/mol. The summed E-state index contributed by atoms with van der Waals surface area (Å²) in [6, 6.07) is 0. The van der Waals surface area contributed by atoms with E-state index < -0.39 is 0 Å². The van der Waals surface area contributed by atoms with Gasteiger partial charge in [-0.05, 0) is 80.6 Å². The fourth-order valence-corrected chi connectivity index (χ4v) is 9.31. The Hall–Kier alpha value is -1.16. The molecule has 9 atom stereocenters. The number of hydrogen-bond donors (Lipinski definition) is 1. The molecule has 1 heterocycles. The van der Waals surface area contributed by atoms with E-state index in [9.17, 15) is 14.7 Å². The van der Waals surface area contributed by atoms with Crippen molar-refractivity contribution in [3.05, 3.63) is 11.6 Å². The molecular formula is C24H32O4. The molecule has 152 valence electrons. The molecule has 0 aromatic carbocycles. The number of hydrogen-bond acceptors (Lipinski definition) is 4. The van der Waals surface area contributed by atoms with E-state index in [1.54, 1.807) is 0 Å². The summed E-state index contributed by atoms with van der Waals surface area (Å²) in [5, 5.41) is 10.2. The molecule has 0 aromatic rings. The summed E-state index contributed by atoms with van der Waals surface area (Å²) in [6.07, 6.45) is 10.8. The zero-order valence-corrected chi connectivity index (χ0v) is 16.9. The zero-order valence-electron chi connectivity index (χ0n) is 16.9. The first-order valence-corrected chi connectivity index (χ1v) is 11.6. The summed E-state index contributed by atoms with van der Waals surface area (Å²) in [4.78, 5) is 24.3. The Labute approximate surface area is 167 Å². The van der Waals surface area contributed by atoms with Gasteiger partial charge in [0.05, 0.1) is 0 Å². The van der Waals surface area contributed by atoms with Gasteiger partial charge in [0.1, 0.15) is 5.60 Å². The molecule has 6 aliphatic rings. The number of ketones is 1. The van der Waals surface area contributed by atoms with Gasteiger partial charge in [-0.3, -0.25) is 9.59 Å². The second-order valence-electron chi connectivity index (χ2n) is 10.6. The van der Waals surface area contributed by atoms with Gasteiger partial charge in [0, 0.05) is 36.7 Å². The number of fused-ring (bicyclic) bond motifs is 9. The van der Waals surface area contributed by atoms with Gasteiger partial charge < -0.3 is 9.84 Å². The van der Waals surface area contributed by atoms with Gasteiger partial charge in [-0.25, -0.2) is 0 Å². The molecular weight excluding hydrogens is 352 g/mol. The number of carbonyl (C=O) groups is 2. The fourth-order valence-electron chi connectivity index (χ4n) is 9.31. The Balaban J connectivity index is 1.41. The molecule has 1 aliphatic heterocycles. The smallest absolute Gasteiger partial charge is 0.306 e. The van der Waals surface area contributed by atoms with E-state index in [1.807, 2.05) is 6.08 Å². The van der Waals surface area contributed by atoms with Crippen LogP contribution in [0.2, 0.25) is 0 Å². The average molecular weight is 385 g/mol. The second-order valence-corrected chi connectivity index (χ2v) is 10.6. The molecule has 0 amide bonds. The maximum Gasteiger partial charge on any atom is 0.306 e. The van der Waals surface area contributed by atoms with Gasteiger partial charge in [-0.2, -0.15) is 0 Å². The van der Waals surface area contributed by atoms with Crippen LogP contribution in [0.1, 0.15) is 64.7 Å². The van der Waals surface area contributed by atoms with Gasteiger partial charge in [0.2, 0.25) is 0 Å². The average Bonchev–Trinajstić information content (AvgIpc) is 3.34. The molecule has 0 radical (unpaired) electrons. The second kappa shape index (κ2) is 5.71. The Kier molecular flexibility index (Phi) is 3.61. The first-order valence-electron chi connectivity index (χ1n) is 11.6. The van der Waals surface area contributed by atoms with E-state index in [4.69, 9.17) is 4.74 Å². The largest absolute Gasteiger partial charge is 0.458 e. The number of ether oxygens (including phenoxy) is 1. The van der Waals surface area contributed by atoms with E-state index in [0.29, 0.717) is 48.3 Å². The molecule has 4 nitrogen and oxygen atoms in total. The molecule has 6 rings (SSSR count). The highest BCUT2D eigenvalue weighted by Gasteiger charge is 2.79. The van der Waals surface area contributed by atoms with Crippen molar-refractivity contribution < 1.29 is 19.4 Å². The van der Waals surface area contributed by atoms with Gasteiger partial charge in [-0.1, -0.05) is 12.5 Å². The van der Waals surface area contributed by atoms with Crippen LogP contribution < -0.4 is 0 Å². The maximum atomic E-state index is 12.2. The van der Waals surface area contributed by atoms with Crippen molar-refractivity contribution in [2.75, 3.05) is 6.61 Å². The standard InChI is InChI=1S/C24H32O4/c1-2-23-7-5-16-15-4-3-14(26)10-17(15)13(12-25)9-18(16)22(23)19-11-20(19)24(23)8-6-21(27)28-24/h10,13,15-16,18-20,22,25H,2-9,11-12H2,1H3/t13?,15-,16?,18?,19?,20?,22?,23+,24+/m1/s1. The highest BCUT2D eigenvalue weighted by Crippen LogP contribution is 2.79. The summed E-state index contributed by atoms with van der Waals surface area (Å²) in [5.74, 6) is 4.13. The van der Waals surface area contributed by atoms with Crippen LogP contribution in [0.4, 0.5) is 0 Å². The molecule has 6 unspecified atom stereocenters. The van der Waals surface area contributed by atoms with Crippen molar-refractivity contribution in [1.82, 2.24) is 0 Å². The third-order valence-corrected chi connectivity index (χ3v) is 10.2. The highest BCUT2D eigenvalue weighted by molar-refractivity contribution is 5.91. The van der Waals surface area contributed by atoms with Crippen molar-refractivity contribution in [3.8, 4) is 0 Å². The van der Waals surface area contributed by atoms with E-state index in [1.165, 1.54) is 24.8 Å². The van der Waals surface area contributed by atoms with Crippen LogP contribution >= 0.6 is 0 Å². The molecule has 28 heavy (non-hydrogen) atoms. The molecule has 5 aliphatic carbocycles. The minimum atomic E-state index is -0.188. The molecule has 0 aromatic heterocycles. The number of aliphatic hydroxyl groups excluding tert-OH is 1. The van der Waals surface area contributed by atoms with Gasteiger partial charge in [-0.15, -0.1) is 0 Å². The fraction of sp³-hybridized carbons (Fsp3) is 0.833. The van der Waals surface area contributed by atoms with Gasteiger partial charge in [0.25, 0.3) is 0 Å². The van der Waals surface area contributed by atoms with E-state index in [0.717, 1.165) is 25.7 Å². The lowest BCUT2D eigenvalue weighted by Crippen LogP contribution is -2.57. The van der Waals surface area contributed by atoms with Crippen molar-refractivity contribution in [3.63, 3.8) is 0 Å². The van der Waals surface area contributed by atoms with Crippen LogP contribution in [-0.4, -0.2) is 29.1 Å². The third kappa shape index (κ3) is 1.96. The molecule has 1 N–H and O–H groups in total. The van der Waals surface area contributed by atoms with Gasteiger partial charge >= 0.3 is 5.97 Å². The summed E-state index contributed by atoms with van der Waals surface area (Å²) < 4.78 is 6.24. The summed E-state index contributed by atoms with van der Waals surface area (Å²) in [7, 11) is 0. The monoisotopic (exact) mass is 384 g/mol. The van der Waals surface area contributed by atoms with Crippen molar-refractivity contribution >= 4 is 11.8 Å². The lowest BCUT2D eigenvalue weighted by Gasteiger charge is -2.59. The molecule has 1 spiro atoms. The van der Waals surface area contributed by atoms with Crippen LogP contribution in [-0.2, 0) is 14.3 Å². The zero-order chi connectivity index (χ0) is 19.3. The van der Waals surface area contributed by atoms with Crippen LogP contribution in [0, 0.1) is 46.8 Å². The molecule has 4 saturated carbocycles. The van der Waals surface area contributed by atoms with Gasteiger partial charge in [0.15, 0.2) is 5.78 Å². The molecule has 4 heteroatoms. The predicted octanol–water partition coefficient (Wildman–Crippen LogP) is 3.67. The number of rotatable bonds is 2. The normalized spacial score (nSPS) is 53.8. The minimum Gasteiger partial charge on any atom is -0.458 e. The van der Waals surface area contributed by atoms with Crippen molar-refractivity contribution in [1.29, 1.82) is 0 Å². The first-order chi connectivity index (χ1) is 13.5. The molecule has 1 saturated heterocycles. The maximum absolute atomic E-state index is 12.2. The molecule has 5 fully saturated rings. The van der Waals surface area contributed by atoms with Crippen LogP contribution in [0.15, 0.2) is 11.6 Å². The number of aliphatic hydroxyl groups is 1. The topological polar surface area (TPSA) is 63.6 Å². The Morgan fingerprint density at radius 2 is 1.96 bits per heavy atom. The molecule has 0 bridgehead atoms. The van der Waals surface area contributed by atoms with Crippen molar-refractivity contribution in [2.45, 2.75) is 70.3 Å². The van der Waals surface area contributed by atoms with Crippen LogP contribution in [0.5, 0.6) is 0 Å². The van der Waals surface area contributed by atoms with Crippen molar-refractivity contribution in [2.24, 2.45) is 46.8 Å². The summed E-state index contributed by atoms with van der Waals surface area (Å²) in [6.45, 7) is 2.49. The lowest BCUT2D eigenvalue weighted by atomic mass is 9.46.